The van der Waals surface area contributed by atoms with E-state index in [1.165, 1.54) is 6.42 Å². The molecule has 1 saturated heterocycles. The lowest BCUT2D eigenvalue weighted by Gasteiger charge is -2.30. The molecule has 0 aliphatic carbocycles. The van der Waals surface area contributed by atoms with Crippen molar-refractivity contribution in [2.24, 2.45) is 5.73 Å². The first-order chi connectivity index (χ1) is 14.5. The largest absolute Gasteiger partial charge is 0.370 e. The number of nitrogens with two attached hydrogens (primary N) is 1. The van der Waals surface area contributed by atoms with Crippen LogP contribution in [0.1, 0.15) is 40.0 Å². The van der Waals surface area contributed by atoms with Crippen LogP contribution in [0.4, 0.5) is 16.2 Å². The number of hydrogen-bond donors (Lipinski definition) is 4. The van der Waals surface area contributed by atoms with Crippen molar-refractivity contribution in [2.45, 2.75) is 19.3 Å². The van der Waals surface area contributed by atoms with Gasteiger partial charge in [-0.15, -0.1) is 0 Å². The number of rotatable bonds is 7. The molecule has 2 aromatic carbocycles. The van der Waals surface area contributed by atoms with Crippen molar-refractivity contribution < 1.29 is 14.4 Å². The topological polar surface area (TPSA) is 117 Å². The molecule has 0 saturated carbocycles. The SMILES string of the molecule is NC(=O)c1ccc(N2CCCCC2)c(NC(=O)NCCNC(=O)c2ccccc2)c1. The fourth-order valence-electron chi connectivity index (χ4n) is 3.41. The number of nitrogens with one attached hydrogen (secondary N) is 3. The van der Waals surface area contributed by atoms with Crippen LogP contribution in [0.15, 0.2) is 48.5 Å². The Morgan fingerprint density at radius 2 is 1.57 bits per heavy atom. The molecule has 0 bridgehead atoms. The zero-order valence-electron chi connectivity index (χ0n) is 16.8. The Morgan fingerprint density at radius 3 is 2.27 bits per heavy atom. The van der Waals surface area contributed by atoms with Gasteiger partial charge in [-0.2, -0.15) is 0 Å². The molecule has 158 valence electrons. The predicted molar refractivity (Wildman–Crippen MR) is 117 cm³/mol. The summed E-state index contributed by atoms with van der Waals surface area (Å²) >= 11 is 0. The highest BCUT2D eigenvalue weighted by Crippen LogP contribution is 2.29. The first-order valence-electron chi connectivity index (χ1n) is 10.1. The summed E-state index contributed by atoms with van der Waals surface area (Å²) in [4.78, 5) is 38.1. The molecule has 1 fully saturated rings. The molecule has 1 aliphatic rings. The second-order valence-corrected chi connectivity index (χ2v) is 7.15. The van der Waals surface area contributed by atoms with Gasteiger partial charge in [0.05, 0.1) is 11.4 Å². The summed E-state index contributed by atoms with van der Waals surface area (Å²) in [7, 11) is 0. The van der Waals surface area contributed by atoms with E-state index in [1.54, 1.807) is 36.4 Å². The first kappa shape index (κ1) is 21.2. The van der Waals surface area contributed by atoms with Crippen LogP contribution in [0.25, 0.3) is 0 Å². The molecule has 8 nitrogen and oxygen atoms in total. The summed E-state index contributed by atoms with van der Waals surface area (Å²) in [5, 5.41) is 8.28. The number of carbonyl (C=O) groups is 3. The maximum atomic E-state index is 12.4. The quantitative estimate of drug-likeness (QED) is 0.525. The van der Waals surface area contributed by atoms with E-state index in [0.717, 1.165) is 31.6 Å². The van der Waals surface area contributed by atoms with Crippen molar-refractivity contribution in [3.63, 3.8) is 0 Å². The molecule has 0 spiro atoms. The maximum Gasteiger partial charge on any atom is 0.319 e. The highest BCUT2D eigenvalue weighted by atomic mass is 16.2. The molecular weight excluding hydrogens is 382 g/mol. The summed E-state index contributed by atoms with van der Waals surface area (Å²) in [6.07, 6.45) is 3.36. The van der Waals surface area contributed by atoms with Crippen molar-refractivity contribution in [3.8, 4) is 0 Å². The third-order valence-corrected chi connectivity index (χ3v) is 4.96. The molecule has 0 atom stereocenters. The van der Waals surface area contributed by atoms with E-state index < -0.39 is 11.9 Å². The van der Waals surface area contributed by atoms with Crippen LogP contribution in [0, 0.1) is 0 Å². The van der Waals surface area contributed by atoms with E-state index in [0.29, 0.717) is 23.4 Å². The Balaban J connectivity index is 1.56. The van der Waals surface area contributed by atoms with Gasteiger partial charge in [0.15, 0.2) is 0 Å². The van der Waals surface area contributed by atoms with Crippen LogP contribution in [-0.4, -0.2) is 44.0 Å². The lowest BCUT2D eigenvalue weighted by molar-refractivity contribution is 0.0952. The van der Waals surface area contributed by atoms with E-state index in [9.17, 15) is 14.4 Å². The number of nitrogens with zero attached hydrogens (tertiary/aromatic N) is 1. The van der Waals surface area contributed by atoms with Gasteiger partial charge in [0.2, 0.25) is 5.91 Å². The lowest BCUT2D eigenvalue weighted by Crippen LogP contribution is -2.37. The molecule has 1 heterocycles. The molecule has 3 rings (SSSR count). The molecule has 8 heteroatoms. The normalized spacial score (nSPS) is 13.4. The summed E-state index contributed by atoms with van der Waals surface area (Å²) in [6.45, 7) is 2.36. The van der Waals surface area contributed by atoms with Gasteiger partial charge in [0, 0.05) is 37.3 Å². The van der Waals surface area contributed by atoms with Gasteiger partial charge < -0.3 is 26.6 Å². The highest BCUT2D eigenvalue weighted by Gasteiger charge is 2.17. The van der Waals surface area contributed by atoms with Crippen LogP contribution in [0.2, 0.25) is 0 Å². The van der Waals surface area contributed by atoms with E-state index in [1.807, 2.05) is 12.1 Å². The lowest BCUT2D eigenvalue weighted by atomic mass is 10.1. The molecule has 4 amide bonds. The Morgan fingerprint density at radius 1 is 0.867 bits per heavy atom. The summed E-state index contributed by atoms with van der Waals surface area (Å²) in [6, 6.07) is 13.6. The number of amides is 4. The average molecular weight is 409 g/mol. The number of urea groups is 1. The van der Waals surface area contributed by atoms with Crippen LogP contribution in [0.3, 0.4) is 0 Å². The summed E-state index contributed by atoms with van der Waals surface area (Å²) in [5.41, 5.74) is 7.70. The van der Waals surface area contributed by atoms with Crippen LogP contribution in [-0.2, 0) is 0 Å². The molecule has 0 unspecified atom stereocenters. The van der Waals surface area contributed by atoms with Gasteiger partial charge in [-0.1, -0.05) is 18.2 Å². The molecule has 30 heavy (non-hydrogen) atoms. The van der Waals surface area contributed by atoms with Gasteiger partial charge in [-0.3, -0.25) is 9.59 Å². The molecule has 1 aliphatic heterocycles. The Hall–Kier alpha value is -3.55. The molecular formula is C22H27N5O3. The summed E-state index contributed by atoms with van der Waals surface area (Å²) < 4.78 is 0. The smallest absolute Gasteiger partial charge is 0.319 e. The fourth-order valence-corrected chi connectivity index (χ4v) is 3.41. The van der Waals surface area contributed by atoms with Crippen LogP contribution >= 0.6 is 0 Å². The molecule has 5 N–H and O–H groups in total. The first-order valence-corrected chi connectivity index (χ1v) is 10.1. The Kier molecular flexibility index (Phi) is 7.26. The Bertz CT molecular complexity index is 895. The van der Waals surface area contributed by atoms with Gasteiger partial charge in [-0.05, 0) is 49.6 Å². The van der Waals surface area contributed by atoms with Crippen molar-refractivity contribution in [3.05, 3.63) is 59.7 Å². The number of primary amides is 1. The molecule has 0 radical (unpaired) electrons. The van der Waals surface area contributed by atoms with Crippen molar-refractivity contribution >= 4 is 29.2 Å². The third-order valence-electron chi connectivity index (χ3n) is 4.96. The second kappa shape index (κ2) is 10.3. The van der Waals surface area contributed by atoms with E-state index in [-0.39, 0.29) is 12.5 Å². The number of benzene rings is 2. The highest BCUT2D eigenvalue weighted by molar-refractivity contribution is 5.99. The van der Waals surface area contributed by atoms with Crippen molar-refractivity contribution in [2.75, 3.05) is 36.4 Å². The minimum absolute atomic E-state index is 0.195. The van der Waals surface area contributed by atoms with Gasteiger partial charge in [0.25, 0.3) is 5.91 Å². The van der Waals surface area contributed by atoms with Gasteiger partial charge >= 0.3 is 6.03 Å². The number of piperidine rings is 1. The van der Waals surface area contributed by atoms with Crippen molar-refractivity contribution in [1.29, 1.82) is 0 Å². The number of carbonyl (C=O) groups excluding carboxylic acids is 3. The predicted octanol–water partition coefficient (Wildman–Crippen LogP) is 2.33. The minimum Gasteiger partial charge on any atom is -0.370 e. The van der Waals surface area contributed by atoms with Gasteiger partial charge in [0.1, 0.15) is 0 Å². The van der Waals surface area contributed by atoms with E-state index in [2.05, 4.69) is 20.9 Å². The fraction of sp³-hybridized carbons (Fsp3) is 0.318. The van der Waals surface area contributed by atoms with E-state index in [4.69, 9.17) is 5.73 Å². The summed E-state index contributed by atoms with van der Waals surface area (Å²) in [5.74, 6) is -0.744. The second-order valence-electron chi connectivity index (χ2n) is 7.15. The molecule has 0 aromatic heterocycles. The monoisotopic (exact) mass is 409 g/mol. The molecule has 2 aromatic rings. The Labute approximate surface area is 175 Å². The zero-order chi connectivity index (χ0) is 21.3. The van der Waals surface area contributed by atoms with E-state index >= 15 is 0 Å². The third kappa shape index (κ3) is 5.73. The van der Waals surface area contributed by atoms with Crippen LogP contribution in [0.5, 0.6) is 0 Å². The standard InChI is InChI=1S/C22H27N5O3/c23-20(28)17-9-10-19(27-13-5-2-6-14-27)18(15-17)26-22(30)25-12-11-24-21(29)16-7-3-1-4-8-16/h1,3-4,7-10,15H,2,5-6,11-14H2,(H2,23,28)(H,24,29)(H2,25,26,30). The van der Waals surface area contributed by atoms with Crippen molar-refractivity contribution in [1.82, 2.24) is 10.6 Å². The zero-order valence-corrected chi connectivity index (χ0v) is 16.8. The average Bonchev–Trinajstić information content (AvgIpc) is 2.77. The minimum atomic E-state index is -0.549. The van der Waals surface area contributed by atoms with Crippen LogP contribution < -0.4 is 26.6 Å². The number of hydrogen-bond acceptors (Lipinski definition) is 4. The maximum absolute atomic E-state index is 12.4. The van der Waals surface area contributed by atoms with Gasteiger partial charge in [-0.25, -0.2) is 4.79 Å². The number of anilines is 2.